The van der Waals surface area contributed by atoms with Crippen molar-refractivity contribution in [2.45, 2.75) is 243 Å². The maximum Gasteiger partial charge on any atom is 0.335 e. The Morgan fingerprint density at radius 1 is 0.516 bits per heavy atom. The van der Waals surface area contributed by atoms with Gasteiger partial charge in [-0.25, -0.2) is 4.79 Å². The number of ether oxygens (including phenoxy) is 4. The van der Waals surface area contributed by atoms with Gasteiger partial charge in [-0.15, -0.1) is 0 Å². The molecule has 6 atom stereocenters. The van der Waals surface area contributed by atoms with Crippen LogP contribution < -0.4 is 0 Å². The molecule has 0 aromatic carbocycles. The molecule has 0 radical (unpaired) electrons. The second kappa shape index (κ2) is 40.9. The van der Waals surface area contributed by atoms with Crippen LogP contribution in [0.15, 0.2) is 48.6 Å². The molecule has 0 amide bonds. The van der Waals surface area contributed by atoms with Crippen molar-refractivity contribution in [1.29, 1.82) is 0 Å². The Bertz CT molecular complexity index is 1210. The first-order chi connectivity index (χ1) is 30.2. The molecule has 11 nitrogen and oxygen atoms in total. The highest BCUT2D eigenvalue weighted by molar-refractivity contribution is 5.73. The molecule has 0 aromatic heterocycles. The molecule has 358 valence electrons. The quantitative estimate of drug-likeness (QED) is 0.0262. The van der Waals surface area contributed by atoms with Crippen LogP contribution in [0.4, 0.5) is 0 Å². The Hall–Kier alpha value is -2.83. The summed E-state index contributed by atoms with van der Waals surface area (Å²) in [6, 6.07) is 0. The molecule has 62 heavy (non-hydrogen) atoms. The van der Waals surface area contributed by atoms with Gasteiger partial charge in [-0.05, 0) is 70.6 Å². The van der Waals surface area contributed by atoms with Crippen LogP contribution in [0, 0.1) is 0 Å². The third kappa shape index (κ3) is 31.9. The number of aliphatic hydroxyl groups excluding tert-OH is 3. The Morgan fingerprint density at radius 3 is 1.45 bits per heavy atom. The highest BCUT2D eigenvalue weighted by atomic mass is 16.7. The first kappa shape index (κ1) is 57.2. The van der Waals surface area contributed by atoms with Crippen LogP contribution >= 0.6 is 0 Å². The molecule has 11 heteroatoms. The summed E-state index contributed by atoms with van der Waals surface area (Å²) in [6.07, 6.45) is 40.2. The number of carbonyl (C=O) groups excluding carboxylic acids is 2. The minimum Gasteiger partial charge on any atom is -0.479 e. The molecule has 1 aliphatic heterocycles. The summed E-state index contributed by atoms with van der Waals surface area (Å²) in [6.45, 7) is 3.70. The predicted molar refractivity (Wildman–Crippen MR) is 248 cm³/mol. The lowest BCUT2D eigenvalue weighted by molar-refractivity contribution is -0.298. The number of hydrogen-bond donors (Lipinski definition) is 4. The molecule has 0 aliphatic carbocycles. The molecule has 1 aliphatic rings. The monoisotopic (exact) mass is 877 g/mol. The van der Waals surface area contributed by atoms with Crippen LogP contribution in [-0.2, 0) is 33.3 Å². The lowest BCUT2D eigenvalue weighted by Gasteiger charge is -2.38. The SMILES string of the molecule is CC/C=C\C/C=C\C/C=C\CCCCCCCC(=O)OCC(COC1OC(C(=O)O)C(O)C(O)C1O)OC(=O)CCCCCCCCCCC/C=C\CCCCCCCCCC. The van der Waals surface area contributed by atoms with E-state index in [1.807, 2.05) is 0 Å². The first-order valence-corrected chi connectivity index (χ1v) is 24.7. The number of carboxylic acids is 1. The van der Waals surface area contributed by atoms with Gasteiger partial charge in [0.25, 0.3) is 0 Å². The first-order valence-electron chi connectivity index (χ1n) is 24.7. The number of carbonyl (C=O) groups is 3. The van der Waals surface area contributed by atoms with E-state index in [2.05, 4.69) is 62.5 Å². The Kier molecular flexibility index (Phi) is 37.7. The van der Waals surface area contributed by atoms with Crippen LogP contribution in [0.3, 0.4) is 0 Å². The lowest BCUT2D eigenvalue weighted by atomic mass is 9.99. The van der Waals surface area contributed by atoms with Crippen molar-refractivity contribution in [3.8, 4) is 0 Å². The van der Waals surface area contributed by atoms with Crippen molar-refractivity contribution < 1.29 is 53.8 Å². The zero-order valence-electron chi connectivity index (χ0n) is 38.9. The smallest absolute Gasteiger partial charge is 0.335 e. The minimum atomic E-state index is -1.86. The molecule has 0 saturated carbocycles. The molecule has 0 spiro atoms. The zero-order chi connectivity index (χ0) is 45.3. The number of unbranched alkanes of at least 4 members (excludes halogenated alkanes) is 22. The molecule has 1 saturated heterocycles. The summed E-state index contributed by atoms with van der Waals surface area (Å²) in [5.41, 5.74) is 0. The molecule has 1 heterocycles. The van der Waals surface area contributed by atoms with E-state index in [4.69, 9.17) is 18.9 Å². The van der Waals surface area contributed by atoms with Crippen LogP contribution in [0.1, 0.15) is 206 Å². The van der Waals surface area contributed by atoms with Gasteiger partial charge >= 0.3 is 17.9 Å². The zero-order valence-corrected chi connectivity index (χ0v) is 38.9. The van der Waals surface area contributed by atoms with Crippen molar-refractivity contribution in [1.82, 2.24) is 0 Å². The molecule has 0 bridgehead atoms. The third-order valence-electron chi connectivity index (χ3n) is 11.2. The van der Waals surface area contributed by atoms with E-state index < -0.39 is 61.3 Å². The van der Waals surface area contributed by atoms with Gasteiger partial charge in [0.2, 0.25) is 0 Å². The summed E-state index contributed by atoms with van der Waals surface area (Å²) in [5, 5.41) is 39.9. The molecule has 6 unspecified atom stereocenters. The Morgan fingerprint density at radius 2 is 0.952 bits per heavy atom. The second-order valence-electron chi connectivity index (χ2n) is 16.9. The molecule has 0 aromatic rings. The van der Waals surface area contributed by atoms with E-state index in [1.165, 1.54) is 96.3 Å². The van der Waals surface area contributed by atoms with Crippen molar-refractivity contribution in [3.05, 3.63) is 48.6 Å². The number of allylic oxidation sites excluding steroid dienone is 8. The van der Waals surface area contributed by atoms with Crippen LogP contribution in [0.5, 0.6) is 0 Å². The molecular formula is C51H88O11. The number of esters is 2. The normalized spacial score (nSPS) is 19.9. The van der Waals surface area contributed by atoms with Gasteiger partial charge in [0.15, 0.2) is 18.5 Å². The largest absolute Gasteiger partial charge is 0.479 e. The van der Waals surface area contributed by atoms with Crippen LogP contribution in [0.2, 0.25) is 0 Å². The van der Waals surface area contributed by atoms with E-state index in [0.717, 1.165) is 70.6 Å². The molecule has 1 rings (SSSR count). The van der Waals surface area contributed by atoms with Crippen molar-refractivity contribution in [3.63, 3.8) is 0 Å². The minimum absolute atomic E-state index is 0.176. The van der Waals surface area contributed by atoms with Crippen LogP contribution in [-0.4, -0.2) is 88.4 Å². The van der Waals surface area contributed by atoms with Crippen molar-refractivity contribution in [2.75, 3.05) is 13.2 Å². The van der Waals surface area contributed by atoms with Crippen LogP contribution in [0.25, 0.3) is 0 Å². The van der Waals surface area contributed by atoms with Crippen molar-refractivity contribution >= 4 is 17.9 Å². The highest BCUT2D eigenvalue weighted by Crippen LogP contribution is 2.23. The van der Waals surface area contributed by atoms with E-state index >= 15 is 0 Å². The van der Waals surface area contributed by atoms with Crippen molar-refractivity contribution in [2.24, 2.45) is 0 Å². The fourth-order valence-corrected chi connectivity index (χ4v) is 7.30. The maximum atomic E-state index is 12.8. The number of aliphatic carboxylic acids is 1. The number of rotatable bonds is 41. The molecule has 1 fully saturated rings. The summed E-state index contributed by atoms with van der Waals surface area (Å²) in [7, 11) is 0. The fourth-order valence-electron chi connectivity index (χ4n) is 7.30. The van der Waals surface area contributed by atoms with Gasteiger partial charge in [0.1, 0.15) is 24.9 Å². The maximum absolute atomic E-state index is 12.8. The van der Waals surface area contributed by atoms with Gasteiger partial charge in [0.05, 0.1) is 6.61 Å². The van der Waals surface area contributed by atoms with Gasteiger partial charge in [-0.2, -0.15) is 0 Å². The predicted octanol–water partition coefficient (Wildman–Crippen LogP) is 11.3. The summed E-state index contributed by atoms with van der Waals surface area (Å²) in [4.78, 5) is 36.9. The lowest BCUT2D eigenvalue weighted by Crippen LogP contribution is -2.60. The average molecular weight is 877 g/mol. The van der Waals surface area contributed by atoms with Gasteiger partial charge < -0.3 is 39.4 Å². The number of carboxylic acid groups (broad SMARTS) is 1. The van der Waals surface area contributed by atoms with E-state index in [-0.39, 0.29) is 19.4 Å². The number of hydrogen-bond acceptors (Lipinski definition) is 10. The highest BCUT2D eigenvalue weighted by Gasteiger charge is 2.47. The number of aliphatic hydroxyl groups is 3. The Balaban J connectivity index is 2.32. The molecule has 4 N–H and O–H groups in total. The summed E-state index contributed by atoms with van der Waals surface area (Å²) >= 11 is 0. The van der Waals surface area contributed by atoms with Gasteiger partial charge in [-0.3, -0.25) is 9.59 Å². The topological polar surface area (TPSA) is 169 Å². The third-order valence-corrected chi connectivity index (χ3v) is 11.2. The standard InChI is InChI=1S/C51H88O11/c1-3-5-7-9-11-13-15-17-19-20-21-22-23-24-26-28-30-32-34-36-38-40-45(53)61-43(42-60-51-48(56)46(54)47(55)49(62-51)50(57)58)41-59-44(52)39-37-35-33-31-29-27-25-18-16-14-12-10-8-6-4-2/h6,8,12,14,18,20-21,25,43,46-49,51,54-56H,3-5,7,9-11,13,15-17,19,22-24,26-42H2,1-2H3,(H,57,58)/b8-6-,14-12-,21-20-,25-18-. The van der Waals surface area contributed by atoms with Gasteiger partial charge in [-0.1, -0.05) is 172 Å². The average Bonchev–Trinajstić information content (AvgIpc) is 3.26. The van der Waals surface area contributed by atoms with Gasteiger partial charge in [0, 0.05) is 12.8 Å². The van der Waals surface area contributed by atoms with E-state index in [9.17, 15) is 34.8 Å². The summed E-state index contributed by atoms with van der Waals surface area (Å²) in [5.74, 6) is -2.47. The van der Waals surface area contributed by atoms with E-state index in [0.29, 0.717) is 12.8 Å². The Labute approximate surface area is 375 Å². The fraction of sp³-hybridized carbons (Fsp3) is 0.784. The van der Waals surface area contributed by atoms with E-state index in [1.54, 1.807) is 0 Å². The summed E-state index contributed by atoms with van der Waals surface area (Å²) < 4.78 is 21.8. The second-order valence-corrected chi connectivity index (χ2v) is 16.9. The molecular weight excluding hydrogens is 789 g/mol.